The number of nitrogens with zero attached hydrogens (tertiary/aromatic N) is 3. The Balaban J connectivity index is 1.33. The predicted molar refractivity (Wildman–Crippen MR) is 97.7 cm³/mol. The van der Waals surface area contributed by atoms with Crippen LogP contribution in [0.15, 0.2) is 18.2 Å². The summed E-state index contributed by atoms with van der Waals surface area (Å²) in [6, 6.07) is 8.15. The number of hydrogen-bond acceptors (Lipinski definition) is 4. The lowest BCUT2D eigenvalue weighted by atomic mass is 10.0. The number of hydrogen-bond donors (Lipinski definition) is 0. The lowest BCUT2D eigenvalue weighted by Gasteiger charge is -2.43. The van der Waals surface area contributed by atoms with Crippen molar-refractivity contribution in [3.8, 4) is 5.75 Å². The zero-order valence-corrected chi connectivity index (χ0v) is 15.2. The van der Waals surface area contributed by atoms with E-state index in [1.54, 1.807) is 0 Å². The maximum absolute atomic E-state index is 5.75. The van der Waals surface area contributed by atoms with Gasteiger partial charge >= 0.3 is 0 Å². The Kier molecular flexibility index (Phi) is 4.79. The average molecular weight is 329 g/mol. The number of fused-ring (bicyclic) bond motifs is 1. The second kappa shape index (κ2) is 7.03. The monoisotopic (exact) mass is 329 g/mol. The Labute approximate surface area is 146 Å². The van der Waals surface area contributed by atoms with Crippen LogP contribution in [0.4, 0.5) is 0 Å². The minimum atomic E-state index is 0.485. The molecular weight excluding hydrogens is 298 g/mol. The number of piperidine rings is 1. The zero-order valence-electron chi connectivity index (χ0n) is 15.2. The fraction of sp³-hybridized carbons (Fsp3) is 0.700. The van der Waals surface area contributed by atoms with Gasteiger partial charge in [0.25, 0.3) is 0 Å². The van der Waals surface area contributed by atoms with Gasteiger partial charge in [0.05, 0.1) is 6.61 Å². The minimum absolute atomic E-state index is 0.485. The number of ether oxygens (including phenoxy) is 1. The lowest BCUT2D eigenvalue weighted by Crippen LogP contribution is -2.53. The van der Waals surface area contributed by atoms with Gasteiger partial charge in [0.15, 0.2) is 0 Å². The third-order valence-corrected chi connectivity index (χ3v) is 6.30. The zero-order chi connectivity index (χ0) is 16.5. The van der Waals surface area contributed by atoms with Gasteiger partial charge in [-0.3, -0.25) is 9.80 Å². The molecule has 0 aromatic heterocycles. The Morgan fingerprint density at radius 2 is 1.79 bits per heavy atom. The van der Waals surface area contributed by atoms with Gasteiger partial charge in [-0.25, -0.2) is 0 Å². The van der Waals surface area contributed by atoms with E-state index in [9.17, 15) is 0 Å². The highest BCUT2D eigenvalue weighted by Gasteiger charge is 2.28. The Morgan fingerprint density at radius 3 is 2.54 bits per heavy atom. The number of piperazine rings is 1. The van der Waals surface area contributed by atoms with Crippen LogP contribution in [0.1, 0.15) is 36.9 Å². The van der Waals surface area contributed by atoms with Crippen LogP contribution in [0.3, 0.4) is 0 Å². The molecule has 0 aliphatic carbocycles. The van der Waals surface area contributed by atoms with E-state index in [1.165, 1.54) is 63.2 Å². The third kappa shape index (κ3) is 3.32. The van der Waals surface area contributed by atoms with Gasteiger partial charge in [-0.05, 0) is 57.1 Å². The molecule has 0 spiro atoms. The molecule has 0 saturated carbocycles. The summed E-state index contributed by atoms with van der Waals surface area (Å²) in [5, 5.41) is 0. The standard InChI is InChI=1S/C20H31N3O/c1-16(18-4-3-17-7-14-24-20(17)15-18)22-10-12-23(13-11-22)19-5-8-21(2)9-6-19/h3-4,15-16,19H,5-14H2,1-2H3/t16-/m0/s1. The normalized spacial score (nSPS) is 25.4. The molecule has 24 heavy (non-hydrogen) atoms. The molecule has 0 bridgehead atoms. The Hall–Kier alpha value is -1.10. The van der Waals surface area contributed by atoms with Crippen molar-refractivity contribution in [2.75, 3.05) is 52.9 Å². The highest BCUT2D eigenvalue weighted by atomic mass is 16.5. The van der Waals surface area contributed by atoms with Crippen LogP contribution in [0.25, 0.3) is 0 Å². The van der Waals surface area contributed by atoms with Crippen molar-refractivity contribution >= 4 is 0 Å². The molecule has 3 aliphatic rings. The first-order valence-corrected chi connectivity index (χ1v) is 9.63. The smallest absolute Gasteiger partial charge is 0.122 e. The maximum Gasteiger partial charge on any atom is 0.122 e. The van der Waals surface area contributed by atoms with E-state index in [0.717, 1.165) is 24.8 Å². The van der Waals surface area contributed by atoms with Crippen molar-refractivity contribution in [3.63, 3.8) is 0 Å². The molecule has 1 atom stereocenters. The van der Waals surface area contributed by atoms with Crippen molar-refractivity contribution in [3.05, 3.63) is 29.3 Å². The van der Waals surface area contributed by atoms with Gasteiger partial charge in [0, 0.05) is 44.7 Å². The van der Waals surface area contributed by atoms with E-state index >= 15 is 0 Å². The van der Waals surface area contributed by atoms with Crippen LogP contribution in [-0.4, -0.2) is 73.7 Å². The molecule has 132 valence electrons. The van der Waals surface area contributed by atoms with Crippen LogP contribution in [0.2, 0.25) is 0 Å². The van der Waals surface area contributed by atoms with Gasteiger partial charge in [0.2, 0.25) is 0 Å². The van der Waals surface area contributed by atoms with Crippen molar-refractivity contribution in [2.24, 2.45) is 0 Å². The van der Waals surface area contributed by atoms with Crippen molar-refractivity contribution in [1.82, 2.24) is 14.7 Å². The molecule has 4 heteroatoms. The Bertz CT molecular complexity index is 560. The number of rotatable bonds is 3. The van der Waals surface area contributed by atoms with Crippen LogP contribution >= 0.6 is 0 Å². The molecule has 2 saturated heterocycles. The van der Waals surface area contributed by atoms with E-state index in [0.29, 0.717) is 6.04 Å². The second-order valence-electron chi connectivity index (χ2n) is 7.75. The highest BCUT2D eigenvalue weighted by molar-refractivity contribution is 5.41. The molecule has 0 radical (unpaired) electrons. The first kappa shape index (κ1) is 16.4. The molecule has 2 fully saturated rings. The lowest BCUT2D eigenvalue weighted by molar-refractivity contribution is 0.0494. The fourth-order valence-corrected chi connectivity index (χ4v) is 4.50. The summed E-state index contributed by atoms with van der Waals surface area (Å²) < 4.78 is 5.75. The Morgan fingerprint density at radius 1 is 1.04 bits per heavy atom. The fourth-order valence-electron chi connectivity index (χ4n) is 4.50. The van der Waals surface area contributed by atoms with Crippen LogP contribution < -0.4 is 4.74 Å². The molecule has 0 N–H and O–H groups in total. The second-order valence-corrected chi connectivity index (χ2v) is 7.75. The van der Waals surface area contributed by atoms with Gasteiger partial charge in [0.1, 0.15) is 5.75 Å². The van der Waals surface area contributed by atoms with Gasteiger partial charge in [-0.1, -0.05) is 12.1 Å². The average Bonchev–Trinajstić information content (AvgIpc) is 3.09. The summed E-state index contributed by atoms with van der Waals surface area (Å²) in [7, 11) is 2.25. The van der Waals surface area contributed by atoms with E-state index in [-0.39, 0.29) is 0 Å². The van der Waals surface area contributed by atoms with Crippen molar-refractivity contribution < 1.29 is 4.74 Å². The summed E-state index contributed by atoms with van der Waals surface area (Å²) >= 11 is 0. The molecule has 0 unspecified atom stereocenters. The summed E-state index contributed by atoms with van der Waals surface area (Å²) in [6.07, 6.45) is 3.75. The SMILES string of the molecule is C[C@@H](c1ccc2c(c1)OCC2)N1CCN(C2CCN(C)CC2)CC1. The molecule has 0 amide bonds. The van der Waals surface area contributed by atoms with E-state index in [2.05, 4.69) is 46.9 Å². The third-order valence-electron chi connectivity index (χ3n) is 6.30. The number of likely N-dealkylation sites (tertiary alicyclic amines) is 1. The highest BCUT2D eigenvalue weighted by Crippen LogP contribution is 2.31. The molecular formula is C20H31N3O. The number of benzene rings is 1. The first-order chi connectivity index (χ1) is 11.7. The molecule has 4 rings (SSSR count). The van der Waals surface area contributed by atoms with E-state index in [1.807, 2.05) is 0 Å². The summed E-state index contributed by atoms with van der Waals surface area (Å²) in [6.45, 7) is 10.5. The summed E-state index contributed by atoms with van der Waals surface area (Å²) in [4.78, 5) is 7.84. The van der Waals surface area contributed by atoms with Crippen molar-refractivity contribution in [1.29, 1.82) is 0 Å². The van der Waals surface area contributed by atoms with Crippen molar-refractivity contribution in [2.45, 2.75) is 38.3 Å². The van der Waals surface area contributed by atoms with Gasteiger partial charge in [-0.2, -0.15) is 0 Å². The molecule has 1 aromatic carbocycles. The first-order valence-electron chi connectivity index (χ1n) is 9.63. The molecule has 3 aliphatic heterocycles. The molecule has 3 heterocycles. The van der Waals surface area contributed by atoms with E-state index < -0.39 is 0 Å². The van der Waals surface area contributed by atoms with Gasteiger partial charge in [-0.15, -0.1) is 0 Å². The van der Waals surface area contributed by atoms with Crippen LogP contribution in [-0.2, 0) is 6.42 Å². The summed E-state index contributed by atoms with van der Waals surface area (Å²) in [5.41, 5.74) is 2.78. The molecule has 4 nitrogen and oxygen atoms in total. The topological polar surface area (TPSA) is 19.0 Å². The van der Waals surface area contributed by atoms with Crippen LogP contribution in [0.5, 0.6) is 5.75 Å². The maximum atomic E-state index is 5.75. The molecule has 1 aromatic rings. The van der Waals surface area contributed by atoms with E-state index in [4.69, 9.17) is 4.74 Å². The predicted octanol–water partition coefficient (Wildman–Crippen LogP) is 2.39. The van der Waals surface area contributed by atoms with Gasteiger partial charge < -0.3 is 9.64 Å². The van der Waals surface area contributed by atoms with Crippen LogP contribution in [0, 0.1) is 0 Å². The largest absolute Gasteiger partial charge is 0.493 e. The minimum Gasteiger partial charge on any atom is -0.493 e. The quantitative estimate of drug-likeness (QED) is 0.847. The summed E-state index contributed by atoms with van der Waals surface area (Å²) in [5.74, 6) is 1.12.